The molecule has 0 radical (unpaired) electrons. The van der Waals surface area contributed by atoms with Crippen molar-refractivity contribution in [2.45, 2.75) is 51.7 Å². The Morgan fingerprint density at radius 1 is 1.17 bits per heavy atom. The molecule has 2 aromatic carbocycles. The molecule has 0 aliphatic carbocycles. The highest BCUT2D eigenvalue weighted by atomic mass is 35.5. The summed E-state index contributed by atoms with van der Waals surface area (Å²) in [5, 5.41) is 12.0. The number of aryl methyl sites for hydroxylation is 2. The number of thioether (sulfide) groups is 1. The van der Waals surface area contributed by atoms with E-state index in [2.05, 4.69) is 15.5 Å². The number of alkyl halides is 3. The predicted octanol–water partition coefficient (Wildman–Crippen LogP) is 7.11. The Labute approximate surface area is 215 Å². The molecule has 0 aliphatic rings. The molecule has 3 aromatic rings. The van der Waals surface area contributed by atoms with Crippen LogP contribution in [-0.4, -0.2) is 26.4 Å². The van der Waals surface area contributed by atoms with Crippen LogP contribution in [0.2, 0.25) is 10.0 Å². The van der Waals surface area contributed by atoms with E-state index < -0.39 is 23.8 Å². The minimum Gasteiger partial charge on any atom is -0.483 e. The third-order valence-electron chi connectivity index (χ3n) is 5.05. The first kappa shape index (κ1) is 27.2. The number of amides is 1. The van der Waals surface area contributed by atoms with Gasteiger partial charge in [-0.2, -0.15) is 13.2 Å². The molecule has 0 fully saturated rings. The fraction of sp³-hybridized carbons (Fsp3) is 0.348. The zero-order valence-electron chi connectivity index (χ0n) is 19.3. The van der Waals surface area contributed by atoms with Gasteiger partial charge in [-0.05, 0) is 69.2 Å². The van der Waals surface area contributed by atoms with Crippen molar-refractivity contribution in [1.82, 2.24) is 14.8 Å². The molecule has 1 amide bonds. The van der Waals surface area contributed by atoms with Gasteiger partial charge in [0.1, 0.15) is 5.75 Å². The molecular weight excluding hydrogens is 524 g/mol. The van der Waals surface area contributed by atoms with E-state index in [-0.39, 0.29) is 16.5 Å². The van der Waals surface area contributed by atoms with Crippen LogP contribution >= 0.6 is 35.0 Å². The fourth-order valence-electron chi connectivity index (χ4n) is 3.35. The van der Waals surface area contributed by atoms with E-state index >= 15 is 0 Å². The smallest absolute Gasteiger partial charge is 0.416 e. The van der Waals surface area contributed by atoms with Gasteiger partial charge in [0.25, 0.3) is 0 Å². The third kappa shape index (κ3) is 6.62. The summed E-state index contributed by atoms with van der Waals surface area (Å²) in [7, 11) is 0. The number of hydrogen-bond donors (Lipinski definition) is 1. The summed E-state index contributed by atoms with van der Waals surface area (Å²) in [6.45, 7) is 8.06. The van der Waals surface area contributed by atoms with Crippen LogP contribution in [0.1, 0.15) is 42.5 Å². The molecule has 12 heteroatoms. The van der Waals surface area contributed by atoms with E-state index in [9.17, 15) is 18.0 Å². The van der Waals surface area contributed by atoms with E-state index in [0.717, 1.165) is 41.1 Å². The maximum absolute atomic E-state index is 13.0. The predicted molar refractivity (Wildman–Crippen MR) is 131 cm³/mol. The average Bonchev–Trinajstić information content (AvgIpc) is 3.19. The molecule has 1 atom stereocenters. The van der Waals surface area contributed by atoms with Crippen molar-refractivity contribution in [2.75, 3.05) is 11.1 Å². The van der Waals surface area contributed by atoms with Gasteiger partial charge in [-0.3, -0.25) is 4.79 Å². The lowest BCUT2D eigenvalue weighted by molar-refractivity contribution is -0.137. The molecular formula is C23H23Cl2F3N4O2S. The van der Waals surface area contributed by atoms with Gasteiger partial charge in [-0.1, -0.05) is 35.0 Å². The van der Waals surface area contributed by atoms with Crippen molar-refractivity contribution in [3.63, 3.8) is 0 Å². The van der Waals surface area contributed by atoms with E-state index in [0.29, 0.717) is 28.3 Å². The van der Waals surface area contributed by atoms with Gasteiger partial charge in [0, 0.05) is 11.6 Å². The van der Waals surface area contributed by atoms with Crippen molar-refractivity contribution < 1.29 is 22.7 Å². The lowest BCUT2D eigenvalue weighted by atomic mass is 10.1. The lowest BCUT2D eigenvalue weighted by Gasteiger charge is -2.17. The van der Waals surface area contributed by atoms with Crippen LogP contribution in [0.3, 0.4) is 0 Å². The largest absolute Gasteiger partial charge is 0.483 e. The van der Waals surface area contributed by atoms with Crippen molar-refractivity contribution in [2.24, 2.45) is 0 Å². The number of anilines is 1. The van der Waals surface area contributed by atoms with E-state index in [4.69, 9.17) is 27.9 Å². The summed E-state index contributed by atoms with van der Waals surface area (Å²) in [6.07, 6.45) is -4.98. The summed E-state index contributed by atoms with van der Waals surface area (Å²) >= 11 is 13.3. The molecule has 0 bridgehead atoms. The maximum Gasteiger partial charge on any atom is 0.416 e. The molecule has 0 saturated heterocycles. The number of halogens is 5. The van der Waals surface area contributed by atoms with Gasteiger partial charge in [0.05, 0.1) is 22.0 Å². The van der Waals surface area contributed by atoms with Crippen LogP contribution in [0, 0.1) is 13.8 Å². The van der Waals surface area contributed by atoms with Gasteiger partial charge in [-0.25, -0.2) is 0 Å². The number of ether oxygens (including phenoxy) is 1. The summed E-state index contributed by atoms with van der Waals surface area (Å²) in [5.74, 6) is 0.589. The molecule has 6 nitrogen and oxygen atoms in total. The third-order valence-corrected chi connectivity index (χ3v) is 6.94. The van der Waals surface area contributed by atoms with Gasteiger partial charge < -0.3 is 14.6 Å². The molecule has 1 aromatic heterocycles. The first-order chi connectivity index (χ1) is 16.4. The highest BCUT2D eigenvalue weighted by Crippen LogP contribution is 2.34. The second-order valence-electron chi connectivity index (χ2n) is 7.75. The van der Waals surface area contributed by atoms with Gasteiger partial charge >= 0.3 is 6.18 Å². The Balaban J connectivity index is 1.68. The molecule has 0 aliphatic heterocycles. The molecule has 188 valence electrons. The first-order valence-electron chi connectivity index (χ1n) is 10.6. The number of carbonyl (C=O) groups is 1. The van der Waals surface area contributed by atoms with Crippen molar-refractivity contribution in [3.05, 3.63) is 62.9 Å². The van der Waals surface area contributed by atoms with Gasteiger partial charge in [-0.15, -0.1) is 10.2 Å². The molecule has 0 spiro atoms. The summed E-state index contributed by atoms with van der Waals surface area (Å²) in [6, 6.07) is 6.44. The molecule has 3 rings (SSSR count). The summed E-state index contributed by atoms with van der Waals surface area (Å²) in [5.41, 5.74) is 0.781. The first-order valence-corrected chi connectivity index (χ1v) is 12.3. The zero-order chi connectivity index (χ0) is 25.9. The fourth-order valence-corrected chi connectivity index (χ4v) is 4.43. The van der Waals surface area contributed by atoms with Crippen molar-refractivity contribution in [1.29, 1.82) is 0 Å². The van der Waals surface area contributed by atoms with Crippen LogP contribution in [0.5, 0.6) is 5.75 Å². The number of nitrogens with one attached hydrogen (secondary N) is 1. The highest BCUT2D eigenvalue weighted by Gasteiger charge is 2.31. The minimum atomic E-state index is -4.55. The van der Waals surface area contributed by atoms with Crippen LogP contribution in [-0.2, 0) is 17.5 Å². The Morgan fingerprint density at radius 3 is 2.43 bits per heavy atom. The average molecular weight is 547 g/mol. The standard InChI is InChI=1S/C23H23Cl2F3N4O2S/c1-5-32-21(14(4)34-16-8-12(2)20(25)13(3)9-16)30-31-22(32)35-11-19(33)29-18-10-15(23(26,27)28)6-7-17(18)24/h6-10,14H,5,11H2,1-4H3,(H,29,33). The second kappa shape index (κ2) is 11.1. The molecule has 1 heterocycles. The Morgan fingerprint density at radius 2 is 1.83 bits per heavy atom. The summed E-state index contributed by atoms with van der Waals surface area (Å²) in [4.78, 5) is 12.4. The number of aromatic nitrogens is 3. The molecule has 1 unspecified atom stereocenters. The Hall–Kier alpha value is -2.43. The van der Waals surface area contributed by atoms with Gasteiger partial charge in [0.15, 0.2) is 17.1 Å². The van der Waals surface area contributed by atoms with Crippen LogP contribution in [0.25, 0.3) is 0 Å². The van der Waals surface area contributed by atoms with Crippen LogP contribution < -0.4 is 10.1 Å². The number of rotatable bonds is 8. The monoisotopic (exact) mass is 546 g/mol. The second-order valence-corrected chi connectivity index (χ2v) is 9.47. The normalized spacial score (nSPS) is 12.5. The zero-order valence-corrected chi connectivity index (χ0v) is 21.7. The molecule has 1 N–H and O–H groups in total. The van der Waals surface area contributed by atoms with E-state index in [1.165, 1.54) is 0 Å². The Bertz CT molecular complexity index is 1210. The number of benzene rings is 2. The molecule has 0 saturated carbocycles. The minimum absolute atomic E-state index is 0.00834. The number of hydrogen-bond acceptors (Lipinski definition) is 5. The Kier molecular flexibility index (Phi) is 8.61. The van der Waals surface area contributed by atoms with E-state index in [1.54, 1.807) is 0 Å². The van der Waals surface area contributed by atoms with Crippen LogP contribution in [0.4, 0.5) is 18.9 Å². The highest BCUT2D eigenvalue weighted by molar-refractivity contribution is 7.99. The van der Waals surface area contributed by atoms with Crippen molar-refractivity contribution in [3.8, 4) is 5.75 Å². The van der Waals surface area contributed by atoms with Crippen LogP contribution in [0.15, 0.2) is 35.5 Å². The lowest BCUT2D eigenvalue weighted by Crippen LogP contribution is -2.16. The number of carbonyl (C=O) groups excluding carboxylic acids is 1. The summed E-state index contributed by atoms with van der Waals surface area (Å²) < 4.78 is 46.7. The quantitative estimate of drug-likeness (QED) is 0.305. The topological polar surface area (TPSA) is 69.0 Å². The van der Waals surface area contributed by atoms with Gasteiger partial charge in [0.2, 0.25) is 5.91 Å². The maximum atomic E-state index is 13.0. The SMILES string of the molecule is CCn1c(SCC(=O)Nc2cc(C(F)(F)F)ccc2Cl)nnc1C(C)Oc1cc(C)c(Cl)c(C)c1. The van der Waals surface area contributed by atoms with E-state index in [1.807, 2.05) is 44.4 Å². The molecule has 35 heavy (non-hydrogen) atoms. The number of nitrogens with zero attached hydrogens (tertiary/aromatic N) is 3. The van der Waals surface area contributed by atoms with Crippen molar-refractivity contribution >= 4 is 46.6 Å².